The quantitative estimate of drug-likeness (QED) is 0.373. The fourth-order valence-electron chi connectivity index (χ4n) is 1.87. The van der Waals surface area contributed by atoms with Gasteiger partial charge in [0.2, 0.25) is 0 Å². The summed E-state index contributed by atoms with van der Waals surface area (Å²) in [7, 11) is 0. The Morgan fingerprint density at radius 1 is 1.19 bits per heavy atom. The van der Waals surface area contributed by atoms with Gasteiger partial charge in [-0.3, -0.25) is 10.1 Å². The first-order valence-corrected chi connectivity index (χ1v) is 5.95. The maximum absolute atomic E-state index is 11.7. The van der Waals surface area contributed by atoms with E-state index in [1.165, 1.54) is 36.6 Å². The molecule has 1 aliphatic rings. The van der Waals surface area contributed by atoms with Crippen molar-refractivity contribution in [3.05, 3.63) is 69.7 Å². The van der Waals surface area contributed by atoms with Gasteiger partial charge in [-0.15, -0.1) is 0 Å². The minimum absolute atomic E-state index is 0.0406. The second kappa shape index (κ2) is 5.04. The number of carbonyl (C=O) groups is 1. The Kier molecular flexibility index (Phi) is 3.07. The molecule has 3 rings (SSSR count). The lowest BCUT2D eigenvalue weighted by atomic mass is 10.0. The van der Waals surface area contributed by atoms with Crippen LogP contribution < -0.4 is 0 Å². The normalized spacial score (nSPS) is 15.9. The predicted molar refractivity (Wildman–Crippen MR) is 72.4 cm³/mol. The predicted octanol–water partition coefficient (Wildman–Crippen LogP) is 2.53. The molecule has 0 N–H and O–H groups in total. The maximum Gasteiger partial charge on any atom is 0.368 e. The number of hydrogen-bond acceptors (Lipinski definition) is 6. The number of nitro benzene ring substituents is 1. The molecule has 0 unspecified atom stereocenters. The second-order valence-corrected chi connectivity index (χ2v) is 4.20. The molecule has 0 radical (unpaired) electrons. The fraction of sp³-hybridized carbons (Fsp3) is 0. The molecule has 1 aromatic heterocycles. The number of hydrogen-bond donors (Lipinski definition) is 0. The number of non-ortho nitro benzene ring substituents is 1. The number of furan rings is 1. The standard InChI is InChI=1S/C14H8N2O5/c17-14-12(8-11-2-1-7-20-11)13(15-21-14)9-3-5-10(6-4-9)16(18)19/h1-8H/b12-8-. The van der Waals surface area contributed by atoms with Crippen molar-refractivity contribution in [2.75, 3.05) is 0 Å². The van der Waals surface area contributed by atoms with Crippen molar-refractivity contribution >= 4 is 23.4 Å². The van der Waals surface area contributed by atoms with Crippen LogP contribution in [0.15, 0.2) is 57.8 Å². The number of benzene rings is 1. The zero-order valence-corrected chi connectivity index (χ0v) is 10.6. The van der Waals surface area contributed by atoms with Crippen molar-refractivity contribution in [1.82, 2.24) is 0 Å². The first kappa shape index (κ1) is 12.8. The average Bonchev–Trinajstić information content (AvgIpc) is 3.11. The molecule has 0 saturated carbocycles. The van der Waals surface area contributed by atoms with Crippen LogP contribution in [0.3, 0.4) is 0 Å². The number of rotatable bonds is 3. The lowest BCUT2D eigenvalue weighted by Gasteiger charge is -1.99. The number of carbonyl (C=O) groups excluding carboxylic acids is 1. The molecule has 2 heterocycles. The summed E-state index contributed by atoms with van der Waals surface area (Å²) < 4.78 is 5.15. The van der Waals surface area contributed by atoms with Crippen LogP contribution in [0.4, 0.5) is 5.69 Å². The third-order valence-corrected chi connectivity index (χ3v) is 2.88. The van der Waals surface area contributed by atoms with Crippen molar-refractivity contribution in [2.45, 2.75) is 0 Å². The van der Waals surface area contributed by atoms with Crippen molar-refractivity contribution in [3.8, 4) is 0 Å². The summed E-state index contributed by atoms with van der Waals surface area (Å²) in [6, 6.07) is 9.07. The van der Waals surface area contributed by atoms with Crippen LogP contribution in [0.5, 0.6) is 0 Å². The van der Waals surface area contributed by atoms with Crippen molar-refractivity contribution in [3.63, 3.8) is 0 Å². The Morgan fingerprint density at radius 2 is 1.95 bits per heavy atom. The fourth-order valence-corrected chi connectivity index (χ4v) is 1.87. The highest BCUT2D eigenvalue weighted by Crippen LogP contribution is 2.22. The van der Waals surface area contributed by atoms with Gasteiger partial charge >= 0.3 is 5.97 Å². The van der Waals surface area contributed by atoms with E-state index in [9.17, 15) is 14.9 Å². The van der Waals surface area contributed by atoms with E-state index in [4.69, 9.17) is 4.42 Å². The third kappa shape index (κ3) is 2.44. The van der Waals surface area contributed by atoms with E-state index in [2.05, 4.69) is 9.99 Å². The first-order chi connectivity index (χ1) is 10.1. The van der Waals surface area contributed by atoms with Gasteiger partial charge in [0.15, 0.2) is 0 Å². The summed E-state index contributed by atoms with van der Waals surface area (Å²) in [5, 5.41) is 14.3. The monoisotopic (exact) mass is 284 g/mol. The van der Waals surface area contributed by atoms with Gasteiger partial charge in [-0.25, -0.2) is 4.79 Å². The first-order valence-electron chi connectivity index (χ1n) is 5.95. The highest BCUT2D eigenvalue weighted by Gasteiger charge is 2.27. The smallest absolute Gasteiger partial charge is 0.368 e. The van der Waals surface area contributed by atoms with E-state index in [0.717, 1.165) is 0 Å². The number of nitro groups is 1. The maximum atomic E-state index is 11.7. The molecular weight excluding hydrogens is 276 g/mol. The number of oxime groups is 1. The molecule has 21 heavy (non-hydrogen) atoms. The van der Waals surface area contributed by atoms with Gasteiger partial charge in [-0.1, -0.05) is 5.16 Å². The highest BCUT2D eigenvalue weighted by molar-refractivity contribution is 6.31. The molecule has 0 aliphatic carbocycles. The van der Waals surface area contributed by atoms with E-state index in [-0.39, 0.29) is 11.3 Å². The minimum atomic E-state index is -0.597. The van der Waals surface area contributed by atoms with Crippen LogP contribution >= 0.6 is 0 Å². The van der Waals surface area contributed by atoms with Crippen LogP contribution in [-0.4, -0.2) is 16.6 Å². The third-order valence-electron chi connectivity index (χ3n) is 2.88. The Morgan fingerprint density at radius 3 is 2.57 bits per heavy atom. The van der Waals surface area contributed by atoms with Gasteiger partial charge < -0.3 is 9.25 Å². The summed E-state index contributed by atoms with van der Waals surface area (Å²) >= 11 is 0. The van der Waals surface area contributed by atoms with Crippen LogP contribution in [0.1, 0.15) is 11.3 Å². The SMILES string of the molecule is O=C1ON=C(c2ccc([N+](=O)[O-])cc2)/C1=C/c1ccco1. The minimum Gasteiger partial charge on any atom is -0.465 e. The number of nitrogens with zero attached hydrogens (tertiary/aromatic N) is 2. The molecular formula is C14H8N2O5. The topological polar surface area (TPSA) is 94.9 Å². The molecule has 0 amide bonds. The van der Waals surface area contributed by atoms with E-state index >= 15 is 0 Å². The molecule has 104 valence electrons. The molecule has 0 fully saturated rings. The molecule has 7 nitrogen and oxygen atoms in total. The van der Waals surface area contributed by atoms with Gasteiger partial charge in [-0.2, -0.15) is 0 Å². The van der Waals surface area contributed by atoms with E-state index in [0.29, 0.717) is 17.0 Å². The molecule has 0 spiro atoms. The van der Waals surface area contributed by atoms with Crippen molar-refractivity contribution < 1.29 is 19.0 Å². The lowest BCUT2D eigenvalue weighted by molar-refractivity contribution is -0.384. The van der Waals surface area contributed by atoms with Crippen LogP contribution in [0.2, 0.25) is 0 Å². The van der Waals surface area contributed by atoms with Gasteiger partial charge in [0.25, 0.3) is 5.69 Å². The molecule has 0 bridgehead atoms. The average molecular weight is 284 g/mol. The Hall–Kier alpha value is -3.22. The van der Waals surface area contributed by atoms with Gasteiger partial charge in [0, 0.05) is 17.7 Å². The highest BCUT2D eigenvalue weighted by atomic mass is 16.7. The van der Waals surface area contributed by atoms with Crippen molar-refractivity contribution in [1.29, 1.82) is 0 Å². The van der Waals surface area contributed by atoms with E-state index < -0.39 is 10.9 Å². The summed E-state index contributed by atoms with van der Waals surface area (Å²) in [5.74, 6) is -0.113. The second-order valence-electron chi connectivity index (χ2n) is 4.20. The summed E-state index contributed by atoms with van der Waals surface area (Å²) in [6.45, 7) is 0. The molecule has 1 aliphatic heterocycles. The van der Waals surface area contributed by atoms with E-state index in [1.54, 1.807) is 12.1 Å². The van der Waals surface area contributed by atoms with Crippen LogP contribution in [0.25, 0.3) is 6.08 Å². The largest absolute Gasteiger partial charge is 0.465 e. The zero-order valence-electron chi connectivity index (χ0n) is 10.6. The lowest BCUT2D eigenvalue weighted by Crippen LogP contribution is -2.06. The molecule has 2 aromatic rings. The Balaban J connectivity index is 1.97. The van der Waals surface area contributed by atoms with Gasteiger partial charge in [0.1, 0.15) is 11.5 Å². The summed E-state index contributed by atoms with van der Waals surface area (Å²) in [5.41, 5.74) is 1.05. The summed E-state index contributed by atoms with van der Waals surface area (Å²) in [6.07, 6.45) is 2.99. The molecule has 0 atom stereocenters. The van der Waals surface area contributed by atoms with Crippen LogP contribution in [0, 0.1) is 10.1 Å². The van der Waals surface area contributed by atoms with Gasteiger partial charge in [-0.05, 0) is 30.3 Å². The summed E-state index contributed by atoms with van der Waals surface area (Å²) in [4.78, 5) is 26.5. The van der Waals surface area contributed by atoms with Crippen LogP contribution in [-0.2, 0) is 9.63 Å². The Labute approximate surface area is 118 Å². The molecule has 1 aromatic carbocycles. The zero-order chi connectivity index (χ0) is 14.8. The molecule has 7 heteroatoms. The van der Waals surface area contributed by atoms with Gasteiger partial charge in [0.05, 0.1) is 16.8 Å². The van der Waals surface area contributed by atoms with E-state index in [1.807, 2.05) is 0 Å². The Bertz CT molecular complexity index is 757. The molecule has 0 saturated heterocycles. The van der Waals surface area contributed by atoms with Crippen molar-refractivity contribution in [2.24, 2.45) is 5.16 Å².